The standard InChI is InChI=1S/C19H20N4O/c1-13-6-8-14(9-7-13)17-10-11-20-18-16(12-21-23(17)18)19(24)22-15-4-2-3-5-15/h6-12,15H,2-5H2,1H3,(H,22,24). The molecule has 24 heavy (non-hydrogen) atoms. The number of amides is 1. The largest absolute Gasteiger partial charge is 0.349 e. The fraction of sp³-hybridized carbons (Fsp3) is 0.316. The summed E-state index contributed by atoms with van der Waals surface area (Å²) in [7, 11) is 0. The minimum absolute atomic E-state index is 0.0783. The third kappa shape index (κ3) is 2.66. The van der Waals surface area contributed by atoms with Gasteiger partial charge >= 0.3 is 0 Å². The predicted octanol–water partition coefficient (Wildman–Crippen LogP) is 3.38. The number of aryl methyl sites for hydroxylation is 1. The highest BCUT2D eigenvalue weighted by atomic mass is 16.1. The van der Waals surface area contributed by atoms with Crippen molar-refractivity contribution in [2.24, 2.45) is 0 Å². The van der Waals surface area contributed by atoms with Crippen LogP contribution in [0.25, 0.3) is 16.9 Å². The van der Waals surface area contributed by atoms with Crippen molar-refractivity contribution in [1.82, 2.24) is 19.9 Å². The topological polar surface area (TPSA) is 59.3 Å². The maximum Gasteiger partial charge on any atom is 0.256 e. The van der Waals surface area contributed by atoms with Gasteiger partial charge in [-0.1, -0.05) is 42.7 Å². The molecule has 3 aromatic rings. The molecule has 1 amide bonds. The first-order valence-electron chi connectivity index (χ1n) is 8.43. The summed E-state index contributed by atoms with van der Waals surface area (Å²) in [6.45, 7) is 2.06. The molecule has 2 aromatic heterocycles. The zero-order valence-corrected chi connectivity index (χ0v) is 13.7. The number of hydrogen-bond acceptors (Lipinski definition) is 3. The summed E-state index contributed by atoms with van der Waals surface area (Å²) < 4.78 is 1.74. The molecular weight excluding hydrogens is 300 g/mol. The van der Waals surface area contributed by atoms with Crippen LogP contribution in [0.3, 0.4) is 0 Å². The first-order chi connectivity index (χ1) is 11.7. The molecular formula is C19H20N4O. The van der Waals surface area contributed by atoms with E-state index in [0.29, 0.717) is 11.2 Å². The molecule has 1 N–H and O–H groups in total. The van der Waals surface area contributed by atoms with Gasteiger partial charge in [-0.3, -0.25) is 4.79 Å². The summed E-state index contributed by atoms with van der Waals surface area (Å²) in [5.41, 5.74) is 4.33. The maximum atomic E-state index is 12.6. The average Bonchev–Trinajstić information content (AvgIpc) is 3.24. The summed E-state index contributed by atoms with van der Waals surface area (Å²) in [4.78, 5) is 16.9. The molecule has 0 saturated heterocycles. The van der Waals surface area contributed by atoms with Crippen LogP contribution in [0.15, 0.2) is 42.7 Å². The number of nitrogens with zero attached hydrogens (tertiary/aromatic N) is 3. The Morgan fingerprint density at radius 1 is 1.17 bits per heavy atom. The SMILES string of the molecule is Cc1ccc(-c2ccnc3c(C(=O)NC4CCCC4)cnn23)cc1. The average molecular weight is 320 g/mol. The van der Waals surface area contributed by atoms with Crippen LogP contribution in [0.1, 0.15) is 41.6 Å². The van der Waals surface area contributed by atoms with Gasteiger partial charge in [-0.25, -0.2) is 9.50 Å². The highest BCUT2D eigenvalue weighted by molar-refractivity contribution is 6.00. The van der Waals surface area contributed by atoms with Gasteiger partial charge in [-0.2, -0.15) is 5.10 Å². The van der Waals surface area contributed by atoms with Gasteiger partial charge in [-0.15, -0.1) is 0 Å². The van der Waals surface area contributed by atoms with E-state index >= 15 is 0 Å². The lowest BCUT2D eigenvalue weighted by Gasteiger charge is -2.11. The number of carbonyl (C=O) groups is 1. The van der Waals surface area contributed by atoms with E-state index in [1.807, 2.05) is 6.07 Å². The lowest BCUT2D eigenvalue weighted by atomic mass is 10.1. The van der Waals surface area contributed by atoms with Crippen LogP contribution in [0.4, 0.5) is 0 Å². The van der Waals surface area contributed by atoms with Crippen LogP contribution in [-0.2, 0) is 0 Å². The van der Waals surface area contributed by atoms with E-state index in [2.05, 4.69) is 46.6 Å². The van der Waals surface area contributed by atoms with E-state index in [0.717, 1.165) is 24.1 Å². The Morgan fingerprint density at radius 2 is 1.92 bits per heavy atom. The number of fused-ring (bicyclic) bond motifs is 1. The van der Waals surface area contributed by atoms with Gasteiger partial charge < -0.3 is 5.32 Å². The van der Waals surface area contributed by atoms with Crippen LogP contribution >= 0.6 is 0 Å². The molecule has 0 radical (unpaired) electrons. The van der Waals surface area contributed by atoms with Gasteiger partial charge in [0.25, 0.3) is 5.91 Å². The minimum Gasteiger partial charge on any atom is -0.349 e. The van der Waals surface area contributed by atoms with Crippen LogP contribution in [-0.4, -0.2) is 26.5 Å². The zero-order valence-electron chi connectivity index (χ0n) is 13.7. The molecule has 0 unspecified atom stereocenters. The Morgan fingerprint density at radius 3 is 2.67 bits per heavy atom. The molecule has 0 aliphatic heterocycles. The van der Waals surface area contributed by atoms with Gasteiger partial charge in [0, 0.05) is 17.8 Å². The lowest BCUT2D eigenvalue weighted by molar-refractivity contribution is 0.0939. The molecule has 5 heteroatoms. The molecule has 122 valence electrons. The Balaban J connectivity index is 1.70. The second kappa shape index (κ2) is 6.07. The van der Waals surface area contributed by atoms with Crippen LogP contribution in [0.2, 0.25) is 0 Å². The second-order valence-corrected chi connectivity index (χ2v) is 6.44. The van der Waals surface area contributed by atoms with Gasteiger partial charge in [0.05, 0.1) is 11.9 Å². The molecule has 1 aromatic carbocycles. The number of aromatic nitrogens is 3. The zero-order chi connectivity index (χ0) is 16.5. The number of hydrogen-bond donors (Lipinski definition) is 1. The second-order valence-electron chi connectivity index (χ2n) is 6.44. The molecule has 5 nitrogen and oxygen atoms in total. The minimum atomic E-state index is -0.0783. The molecule has 1 fully saturated rings. The van der Waals surface area contributed by atoms with Crippen molar-refractivity contribution in [2.45, 2.75) is 38.6 Å². The summed E-state index contributed by atoms with van der Waals surface area (Å²) in [6.07, 6.45) is 7.86. The predicted molar refractivity (Wildman–Crippen MR) is 92.9 cm³/mol. The Hall–Kier alpha value is -2.69. The van der Waals surface area contributed by atoms with Crippen molar-refractivity contribution in [3.05, 3.63) is 53.9 Å². The summed E-state index contributed by atoms with van der Waals surface area (Å²) in [6, 6.07) is 10.5. The molecule has 1 saturated carbocycles. The van der Waals surface area contributed by atoms with Crippen LogP contribution < -0.4 is 5.32 Å². The molecule has 1 aliphatic rings. The van der Waals surface area contributed by atoms with E-state index < -0.39 is 0 Å². The number of rotatable bonds is 3. The Labute approximate surface area is 140 Å². The monoisotopic (exact) mass is 320 g/mol. The molecule has 0 bridgehead atoms. The first-order valence-corrected chi connectivity index (χ1v) is 8.43. The summed E-state index contributed by atoms with van der Waals surface area (Å²) in [5.74, 6) is -0.0783. The van der Waals surface area contributed by atoms with Crippen molar-refractivity contribution >= 4 is 11.6 Å². The smallest absolute Gasteiger partial charge is 0.256 e. The van der Waals surface area contributed by atoms with Crippen LogP contribution in [0.5, 0.6) is 0 Å². The first kappa shape index (κ1) is 14.9. The Bertz CT molecular complexity index is 876. The van der Waals surface area contributed by atoms with Gasteiger partial charge in [0.2, 0.25) is 0 Å². The number of benzene rings is 1. The molecule has 2 heterocycles. The Kier molecular flexibility index (Phi) is 3.76. The molecule has 0 atom stereocenters. The highest BCUT2D eigenvalue weighted by Gasteiger charge is 2.21. The molecule has 0 spiro atoms. The van der Waals surface area contributed by atoms with Crippen molar-refractivity contribution in [2.75, 3.05) is 0 Å². The molecule has 4 rings (SSSR count). The van der Waals surface area contributed by atoms with E-state index in [9.17, 15) is 4.79 Å². The number of nitrogens with one attached hydrogen (secondary N) is 1. The van der Waals surface area contributed by atoms with Crippen molar-refractivity contribution in [3.63, 3.8) is 0 Å². The quantitative estimate of drug-likeness (QED) is 0.805. The summed E-state index contributed by atoms with van der Waals surface area (Å²) >= 11 is 0. The van der Waals surface area contributed by atoms with E-state index in [-0.39, 0.29) is 11.9 Å². The number of carbonyl (C=O) groups excluding carboxylic acids is 1. The normalized spacial score (nSPS) is 15.0. The fourth-order valence-corrected chi connectivity index (χ4v) is 3.33. The van der Waals surface area contributed by atoms with Crippen LogP contribution in [0, 0.1) is 6.92 Å². The van der Waals surface area contributed by atoms with E-state index in [1.165, 1.54) is 18.4 Å². The molecule has 1 aliphatic carbocycles. The fourth-order valence-electron chi connectivity index (χ4n) is 3.33. The van der Waals surface area contributed by atoms with Gasteiger partial charge in [-0.05, 0) is 25.8 Å². The highest BCUT2D eigenvalue weighted by Crippen LogP contribution is 2.22. The van der Waals surface area contributed by atoms with Gasteiger partial charge in [0.1, 0.15) is 5.56 Å². The van der Waals surface area contributed by atoms with E-state index in [4.69, 9.17) is 0 Å². The third-order valence-corrected chi connectivity index (χ3v) is 4.68. The third-order valence-electron chi connectivity index (χ3n) is 4.68. The van der Waals surface area contributed by atoms with Gasteiger partial charge in [0.15, 0.2) is 5.65 Å². The van der Waals surface area contributed by atoms with E-state index in [1.54, 1.807) is 16.9 Å². The van der Waals surface area contributed by atoms with Crippen molar-refractivity contribution in [1.29, 1.82) is 0 Å². The van der Waals surface area contributed by atoms with Crippen molar-refractivity contribution < 1.29 is 4.79 Å². The summed E-state index contributed by atoms with van der Waals surface area (Å²) in [5, 5.41) is 7.51. The van der Waals surface area contributed by atoms with Crippen molar-refractivity contribution in [3.8, 4) is 11.3 Å². The maximum absolute atomic E-state index is 12.6. The lowest BCUT2D eigenvalue weighted by Crippen LogP contribution is -2.32.